The Morgan fingerprint density at radius 3 is 2.56 bits per heavy atom. The van der Waals surface area contributed by atoms with Crippen LogP contribution in [0.2, 0.25) is 0 Å². The molecule has 0 amide bonds. The summed E-state index contributed by atoms with van der Waals surface area (Å²) < 4.78 is 5.51. The molecule has 1 aromatic carbocycles. The molecule has 0 heterocycles. The molecule has 0 aliphatic rings. The highest BCUT2D eigenvalue weighted by atomic mass is 16.5. The van der Waals surface area contributed by atoms with Crippen LogP contribution in [0, 0.1) is 0 Å². The van der Waals surface area contributed by atoms with Gasteiger partial charge in [-0.1, -0.05) is 25.5 Å². The van der Waals surface area contributed by atoms with Gasteiger partial charge in [0, 0.05) is 0 Å². The summed E-state index contributed by atoms with van der Waals surface area (Å²) in [5.74, 6) is -0.179. The number of rotatable bonds is 8. The van der Waals surface area contributed by atoms with Crippen molar-refractivity contribution in [3.05, 3.63) is 29.8 Å². The normalized spacial score (nSPS) is 12.1. The quantitative estimate of drug-likeness (QED) is 0.696. The van der Waals surface area contributed by atoms with Crippen LogP contribution in [0.25, 0.3) is 0 Å². The Hall–Kier alpha value is -1.55. The van der Waals surface area contributed by atoms with Gasteiger partial charge >= 0.3 is 5.97 Å². The van der Waals surface area contributed by atoms with Crippen LogP contribution in [0.15, 0.2) is 24.3 Å². The highest BCUT2D eigenvalue weighted by molar-refractivity contribution is 5.67. The maximum absolute atomic E-state index is 10.4. The number of aliphatic hydroxyl groups excluding tert-OH is 1. The van der Waals surface area contributed by atoms with Gasteiger partial charge in [0.1, 0.15) is 5.75 Å². The highest BCUT2D eigenvalue weighted by Crippen LogP contribution is 2.14. The van der Waals surface area contributed by atoms with Crippen LogP contribution in [0.4, 0.5) is 0 Å². The van der Waals surface area contributed by atoms with Crippen LogP contribution >= 0.6 is 0 Å². The predicted octanol–water partition coefficient (Wildman–Crippen LogP) is 2.24. The van der Waals surface area contributed by atoms with Crippen molar-refractivity contribution in [1.82, 2.24) is 0 Å². The molecule has 0 aliphatic heterocycles. The Morgan fingerprint density at radius 2 is 2.00 bits per heavy atom. The molecular weight excluding hydrogens is 232 g/mol. The van der Waals surface area contributed by atoms with Crippen molar-refractivity contribution < 1.29 is 19.7 Å². The molecule has 0 aromatic heterocycles. The van der Waals surface area contributed by atoms with Gasteiger partial charge in [-0.2, -0.15) is 0 Å². The van der Waals surface area contributed by atoms with Crippen molar-refractivity contribution in [2.45, 2.75) is 38.7 Å². The summed E-state index contributed by atoms with van der Waals surface area (Å²) in [6.45, 7) is 2.81. The van der Waals surface area contributed by atoms with E-state index in [0.29, 0.717) is 13.0 Å². The van der Waals surface area contributed by atoms with E-state index < -0.39 is 12.1 Å². The van der Waals surface area contributed by atoms with Crippen LogP contribution in [-0.2, 0) is 11.2 Å². The first-order chi connectivity index (χ1) is 8.61. The van der Waals surface area contributed by atoms with Gasteiger partial charge in [0.25, 0.3) is 0 Å². The van der Waals surface area contributed by atoms with Gasteiger partial charge in [0.2, 0.25) is 0 Å². The molecule has 0 bridgehead atoms. The standard InChI is InChI=1S/C14H20O4/c1-2-3-8-18-13-6-4-11(5-7-13)9-12(15)10-14(16)17/h4-7,12,15H,2-3,8-10H2,1H3,(H,16,17)/t12-/m1/s1. The molecule has 0 radical (unpaired) electrons. The molecule has 0 saturated carbocycles. The maximum Gasteiger partial charge on any atom is 0.305 e. The van der Waals surface area contributed by atoms with Crippen LogP contribution in [0.5, 0.6) is 5.75 Å². The summed E-state index contributed by atoms with van der Waals surface area (Å²) in [6, 6.07) is 7.40. The lowest BCUT2D eigenvalue weighted by atomic mass is 10.1. The van der Waals surface area contributed by atoms with Gasteiger partial charge in [-0.3, -0.25) is 4.79 Å². The van der Waals surface area contributed by atoms with E-state index in [1.54, 1.807) is 0 Å². The van der Waals surface area contributed by atoms with E-state index in [1.807, 2.05) is 24.3 Å². The van der Waals surface area contributed by atoms with E-state index in [2.05, 4.69) is 6.92 Å². The first-order valence-corrected chi connectivity index (χ1v) is 6.23. The van der Waals surface area contributed by atoms with E-state index in [4.69, 9.17) is 9.84 Å². The highest BCUT2D eigenvalue weighted by Gasteiger charge is 2.10. The first kappa shape index (κ1) is 14.5. The summed E-state index contributed by atoms with van der Waals surface area (Å²) in [7, 11) is 0. The fourth-order valence-electron chi connectivity index (χ4n) is 1.60. The van der Waals surface area contributed by atoms with Gasteiger partial charge < -0.3 is 14.9 Å². The van der Waals surface area contributed by atoms with Crippen molar-refractivity contribution in [3.8, 4) is 5.75 Å². The van der Waals surface area contributed by atoms with E-state index in [1.165, 1.54) is 0 Å². The molecule has 2 N–H and O–H groups in total. The second-order valence-electron chi connectivity index (χ2n) is 4.30. The van der Waals surface area contributed by atoms with Crippen molar-refractivity contribution in [2.24, 2.45) is 0 Å². The third-order valence-electron chi connectivity index (χ3n) is 2.57. The summed E-state index contributed by atoms with van der Waals surface area (Å²) in [4.78, 5) is 10.4. The minimum atomic E-state index is -0.984. The zero-order valence-corrected chi connectivity index (χ0v) is 10.6. The molecule has 1 rings (SSSR count). The average Bonchev–Trinajstić information content (AvgIpc) is 2.30. The molecule has 4 nitrogen and oxygen atoms in total. The number of carbonyl (C=O) groups is 1. The molecule has 0 fully saturated rings. The molecule has 1 aromatic rings. The second kappa shape index (κ2) is 7.71. The summed E-state index contributed by atoms with van der Waals surface area (Å²) in [5.41, 5.74) is 0.909. The Kier molecular flexibility index (Phi) is 6.22. The van der Waals surface area contributed by atoms with Gasteiger partial charge in [-0.05, 0) is 30.5 Å². The van der Waals surface area contributed by atoms with Crippen LogP contribution in [0.1, 0.15) is 31.7 Å². The molecule has 18 heavy (non-hydrogen) atoms. The SMILES string of the molecule is CCCCOc1ccc(C[C@@H](O)CC(=O)O)cc1. The van der Waals surface area contributed by atoms with Crippen LogP contribution < -0.4 is 4.74 Å². The molecule has 4 heteroatoms. The number of hydrogen-bond acceptors (Lipinski definition) is 3. The Bertz CT molecular complexity index is 359. The number of carboxylic acid groups (broad SMARTS) is 1. The summed E-state index contributed by atoms with van der Waals surface area (Å²) >= 11 is 0. The molecule has 100 valence electrons. The summed E-state index contributed by atoms with van der Waals surface area (Å²) in [5, 5.41) is 18.1. The lowest BCUT2D eigenvalue weighted by Gasteiger charge is -2.09. The van der Waals surface area contributed by atoms with Crippen molar-refractivity contribution in [1.29, 1.82) is 0 Å². The fourth-order valence-corrected chi connectivity index (χ4v) is 1.60. The number of ether oxygens (including phenoxy) is 1. The summed E-state index contributed by atoms with van der Waals surface area (Å²) in [6.07, 6.45) is 1.41. The minimum Gasteiger partial charge on any atom is -0.494 e. The second-order valence-corrected chi connectivity index (χ2v) is 4.30. The van der Waals surface area contributed by atoms with Gasteiger partial charge in [0.05, 0.1) is 19.1 Å². The zero-order valence-electron chi connectivity index (χ0n) is 10.6. The van der Waals surface area contributed by atoms with E-state index in [-0.39, 0.29) is 6.42 Å². The van der Waals surface area contributed by atoms with Gasteiger partial charge in [0.15, 0.2) is 0 Å². The fraction of sp³-hybridized carbons (Fsp3) is 0.500. The molecule has 0 unspecified atom stereocenters. The van der Waals surface area contributed by atoms with Gasteiger partial charge in [-0.25, -0.2) is 0 Å². The molecule has 1 atom stereocenters. The van der Waals surface area contributed by atoms with Crippen LogP contribution in [0.3, 0.4) is 0 Å². The lowest BCUT2D eigenvalue weighted by Crippen LogP contribution is -2.15. The first-order valence-electron chi connectivity index (χ1n) is 6.23. The van der Waals surface area contributed by atoms with Crippen molar-refractivity contribution in [2.75, 3.05) is 6.61 Å². The smallest absolute Gasteiger partial charge is 0.305 e. The largest absolute Gasteiger partial charge is 0.494 e. The number of aliphatic hydroxyl groups is 1. The third-order valence-corrected chi connectivity index (χ3v) is 2.57. The topological polar surface area (TPSA) is 66.8 Å². The lowest BCUT2D eigenvalue weighted by molar-refractivity contribution is -0.139. The Balaban J connectivity index is 2.42. The number of carboxylic acids is 1. The Morgan fingerprint density at radius 1 is 1.33 bits per heavy atom. The minimum absolute atomic E-state index is 0.227. The van der Waals surface area contributed by atoms with Crippen molar-refractivity contribution >= 4 is 5.97 Å². The number of unbranched alkanes of at least 4 members (excludes halogenated alkanes) is 1. The number of benzene rings is 1. The number of hydrogen-bond donors (Lipinski definition) is 2. The third kappa shape index (κ3) is 5.68. The monoisotopic (exact) mass is 252 g/mol. The van der Waals surface area contributed by atoms with Gasteiger partial charge in [-0.15, -0.1) is 0 Å². The Labute approximate surface area is 107 Å². The molecule has 0 aliphatic carbocycles. The maximum atomic E-state index is 10.4. The van der Waals surface area contributed by atoms with E-state index >= 15 is 0 Å². The zero-order chi connectivity index (χ0) is 13.4. The molecule has 0 spiro atoms. The van der Waals surface area contributed by atoms with Crippen LogP contribution in [-0.4, -0.2) is 28.9 Å². The predicted molar refractivity (Wildman–Crippen MR) is 68.8 cm³/mol. The average molecular weight is 252 g/mol. The van der Waals surface area contributed by atoms with E-state index in [9.17, 15) is 9.90 Å². The molecule has 0 saturated heterocycles. The van der Waals surface area contributed by atoms with E-state index in [0.717, 1.165) is 24.2 Å². The molecular formula is C14H20O4. The number of aliphatic carboxylic acids is 1. The van der Waals surface area contributed by atoms with Crippen molar-refractivity contribution in [3.63, 3.8) is 0 Å².